The first-order valence-electron chi connectivity index (χ1n) is 5.41. The van der Waals surface area contributed by atoms with Gasteiger partial charge in [0.2, 0.25) is 10.0 Å². The maximum atomic E-state index is 12.0. The Bertz CT molecular complexity index is 488. The molecule has 0 aliphatic heterocycles. The van der Waals surface area contributed by atoms with Crippen LogP contribution in [-0.2, 0) is 10.0 Å². The van der Waals surface area contributed by atoms with Gasteiger partial charge >= 0.3 is 0 Å². The highest BCUT2D eigenvalue weighted by Crippen LogP contribution is 2.24. The van der Waals surface area contributed by atoms with Gasteiger partial charge in [0.25, 0.3) is 0 Å². The Labute approximate surface area is 111 Å². The van der Waals surface area contributed by atoms with Crippen LogP contribution in [0.5, 0.6) is 0 Å². The Kier molecular flexibility index (Phi) is 4.97. The molecule has 0 spiro atoms. The smallest absolute Gasteiger partial charge is 0.241 e. The molecular formula is C11H17BrN2O2S. The van der Waals surface area contributed by atoms with E-state index in [0.29, 0.717) is 22.6 Å². The summed E-state index contributed by atoms with van der Waals surface area (Å²) in [6, 6.07) is 4.73. The van der Waals surface area contributed by atoms with Gasteiger partial charge in [0.15, 0.2) is 0 Å². The number of nitrogens with two attached hydrogens (primary N) is 1. The van der Waals surface area contributed by atoms with E-state index in [1.54, 1.807) is 12.1 Å². The first-order chi connectivity index (χ1) is 7.86. The number of hydrogen-bond donors (Lipinski definition) is 2. The molecule has 96 valence electrons. The van der Waals surface area contributed by atoms with Gasteiger partial charge in [-0.3, -0.25) is 0 Å². The van der Waals surface area contributed by atoms with Crippen LogP contribution in [0.15, 0.2) is 27.6 Å². The summed E-state index contributed by atoms with van der Waals surface area (Å²) in [5.74, 6) is 0.310. The van der Waals surface area contributed by atoms with Gasteiger partial charge in [-0.1, -0.05) is 20.3 Å². The molecule has 1 atom stereocenters. The van der Waals surface area contributed by atoms with Crippen molar-refractivity contribution < 1.29 is 8.42 Å². The van der Waals surface area contributed by atoms with Gasteiger partial charge in [-0.15, -0.1) is 0 Å². The van der Waals surface area contributed by atoms with Crippen molar-refractivity contribution >= 4 is 31.6 Å². The Morgan fingerprint density at radius 2 is 2.12 bits per heavy atom. The van der Waals surface area contributed by atoms with Crippen molar-refractivity contribution in [3.63, 3.8) is 0 Å². The van der Waals surface area contributed by atoms with Gasteiger partial charge in [-0.25, -0.2) is 13.1 Å². The van der Waals surface area contributed by atoms with Crippen molar-refractivity contribution in [2.75, 3.05) is 12.3 Å². The van der Waals surface area contributed by atoms with E-state index in [9.17, 15) is 8.42 Å². The summed E-state index contributed by atoms with van der Waals surface area (Å²) in [5, 5.41) is 0. The van der Waals surface area contributed by atoms with Gasteiger partial charge < -0.3 is 5.73 Å². The van der Waals surface area contributed by atoms with Crippen molar-refractivity contribution in [3.05, 3.63) is 22.7 Å². The lowest BCUT2D eigenvalue weighted by Crippen LogP contribution is -2.28. The van der Waals surface area contributed by atoms with E-state index in [0.717, 1.165) is 6.42 Å². The molecule has 17 heavy (non-hydrogen) atoms. The Morgan fingerprint density at radius 1 is 1.47 bits per heavy atom. The summed E-state index contributed by atoms with van der Waals surface area (Å²) in [6.07, 6.45) is 0.931. The number of halogens is 1. The topological polar surface area (TPSA) is 72.2 Å². The van der Waals surface area contributed by atoms with Crippen LogP contribution < -0.4 is 10.5 Å². The molecule has 1 rings (SSSR count). The van der Waals surface area contributed by atoms with Crippen LogP contribution in [-0.4, -0.2) is 15.0 Å². The predicted molar refractivity (Wildman–Crippen MR) is 73.2 cm³/mol. The Balaban J connectivity index is 2.93. The standard InChI is InChI=1S/C11H17BrN2O2S/c1-3-8(2)7-14-17(15,16)11-6-9(13)4-5-10(11)12/h4-6,8,14H,3,7,13H2,1-2H3. The molecule has 0 fully saturated rings. The van der Waals surface area contributed by atoms with Crippen LogP contribution in [0, 0.1) is 5.92 Å². The summed E-state index contributed by atoms with van der Waals surface area (Å²) >= 11 is 3.22. The number of sulfonamides is 1. The summed E-state index contributed by atoms with van der Waals surface area (Å²) in [5.41, 5.74) is 6.02. The quantitative estimate of drug-likeness (QED) is 0.818. The molecule has 3 N–H and O–H groups in total. The molecule has 0 aromatic heterocycles. The molecule has 0 radical (unpaired) electrons. The molecule has 0 saturated heterocycles. The Hall–Kier alpha value is -0.590. The van der Waals surface area contributed by atoms with E-state index < -0.39 is 10.0 Å². The lowest BCUT2D eigenvalue weighted by atomic mass is 10.1. The third-order valence-corrected chi connectivity index (χ3v) is 4.98. The van der Waals surface area contributed by atoms with Crippen molar-refractivity contribution in [3.8, 4) is 0 Å². The number of anilines is 1. The highest BCUT2D eigenvalue weighted by atomic mass is 79.9. The Morgan fingerprint density at radius 3 is 2.71 bits per heavy atom. The molecule has 0 heterocycles. The van der Waals surface area contributed by atoms with Crippen LogP contribution >= 0.6 is 15.9 Å². The monoisotopic (exact) mass is 320 g/mol. The average molecular weight is 321 g/mol. The molecule has 0 aliphatic rings. The lowest BCUT2D eigenvalue weighted by molar-refractivity contribution is 0.528. The second kappa shape index (κ2) is 5.84. The number of nitrogen functional groups attached to an aromatic ring is 1. The molecule has 0 amide bonds. The fraction of sp³-hybridized carbons (Fsp3) is 0.455. The minimum absolute atomic E-state index is 0.181. The van der Waals surface area contributed by atoms with Crippen LogP contribution in [0.4, 0.5) is 5.69 Å². The van der Waals surface area contributed by atoms with E-state index in [1.165, 1.54) is 6.07 Å². The molecule has 0 aliphatic carbocycles. The third-order valence-electron chi connectivity index (χ3n) is 2.56. The summed E-state index contributed by atoms with van der Waals surface area (Å²) < 4.78 is 27.2. The number of nitrogens with one attached hydrogen (secondary N) is 1. The third kappa shape index (κ3) is 3.97. The fourth-order valence-corrected chi connectivity index (χ4v) is 3.36. The molecule has 1 aromatic carbocycles. The maximum Gasteiger partial charge on any atom is 0.241 e. The van der Waals surface area contributed by atoms with E-state index in [1.807, 2.05) is 13.8 Å². The molecule has 0 bridgehead atoms. The van der Waals surface area contributed by atoms with Gasteiger partial charge in [0, 0.05) is 16.7 Å². The molecular weight excluding hydrogens is 304 g/mol. The van der Waals surface area contributed by atoms with E-state index >= 15 is 0 Å². The van der Waals surface area contributed by atoms with Gasteiger partial charge in [0.05, 0.1) is 4.90 Å². The minimum Gasteiger partial charge on any atom is -0.399 e. The van der Waals surface area contributed by atoms with Crippen LogP contribution in [0.25, 0.3) is 0 Å². The van der Waals surface area contributed by atoms with Crippen LogP contribution in [0.3, 0.4) is 0 Å². The normalized spacial score (nSPS) is 13.6. The van der Waals surface area contributed by atoms with E-state index in [2.05, 4.69) is 20.7 Å². The second-order valence-electron chi connectivity index (χ2n) is 4.06. The van der Waals surface area contributed by atoms with Gasteiger partial charge in [0.1, 0.15) is 0 Å². The highest BCUT2D eigenvalue weighted by molar-refractivity contribution is 9.10. The van der Waals surface area contributed by atoms with Crippen molar-refractivity contribution in [1.82, 2.24) is 4.72 Å². The largest absolute Gasteiger partial charge is 0.399 e. The maximum absolute atomic E-state index is 12.0. The van der Waals surface area contributed by atoms with Crippen molar-refractivity contribution in [2.24, 2.45) is 5.92 Å². The minimum atomic E-state index is -3.50. The molecule has 1 aromatic rings. The molecule has 1 unspecified atom stereocenters. The van der Waals surface area contributed by atoms with Gasteiger partial charge in [-0.2, -0.15) is 0 Å². The highest BCUT2D eigenvalue weighted by Gasteiger charge is 2.18. The molecule has 4 nitrogen and oxygen atoms in total. The zero-order valence-electron chi connectivity index (χ0n) is 9.90. The zero-order valence-corrected chi connectivity index (χ0v) is 12.3. The van der Waals surface area contributed by atoms with E-state index in [-0.39, 0.29) is 4.90 Å². The average Bonchev–Trinajstić information content (AvgIpc) is 2.29. The van der Waals surface area contributed by atoms with E-state index in [4.69, 9.17) is 5.73 Å². The predicted octanol–water partition coefficient (Wildman–Crippen LogP) is 2.36. The van der Waals surface area contributed by atoms with Crippen LogP contribution in [0.2, 0.25) is 0 Å². The number of rotatable bonds is 5. The zero-order chi connectivity index (χ0) is 13.1. The lowest BCUT2D eigenvalue weighted by Gasteiger charge is -2.12. The number of benzene rings is 1. The number of hydrogen-bond acceptors (Lipinski definition) is 3. The first-order valence-corrected chi connectivity index (χ1v) is 7.69. The van der Waals surface area contributed by atoms with Crippen molar-refractivity contribution in [2.45, 2.75) is 25.2 Å². The second-order valence-corrected chi connectivity index (χ2v) is 6.64. The molecule has 0 saturated carbocycles. The summed E-state index contributed by atoms with van der Waals surface area (Å²) in [4.78, 5) is 0.181. The van der Waals surface area contributed by atoms with Crippen molar-refractivity contribution in [1.29, 1.82) is 0 Å². The van der Waals surface area contributed by atoms with Gasteiger partial charge in [-0.05, 0) is 40.0 Å². The van der Waals surface area contributed by atoms with Crippen LogP contribution in [0.1, 0.15) is 20.3 Å². The summed E-state index contributed by atoms with van der Waals surface area (Å²) in [6.45, 7) is 4.45. The molecule has 6 heteroatoms. The first kappa shape index (κ1) is 14.5. The SMILES string of the molecule is CCC(C)CNS(=O)(=O)c1cc(N)ccc1Br. The summed E-state index contributed by atoms with van der Waals surface area (Å²) in [7, 11) is -3.50. The fourth-order valence-electron chi connectivity index (χ4n) is 1.20.